The molecule has 1 aromatic heterocycles. The van der Waals surface area contributed by atoms with E-state index in [4.69, 9.17) is 9.15 Å². The lowest BCUT2D eigenvalue weighted by molar-refractivity contribution is 0.339. The van der Waals surface area contributed by atoms with E-state index in [9.17, 15) is 4.39 Å². The Hall–Kier alpha value is -1.97. The molecule has 90 valence electrons. The molecule has 0 unspecified atom stereocenters. The van der Waals surface area contributed by atoms with Crippen LogP contribution in [0.3, 0.4) is 0 Å². The number of halogens is 1. The van der Waals surface area contributed by atoms with Crippen LogP contribution in [0.15, 0.2) is 41.0 Å². The Balaban J connectivity index is 2.08. The molecule has 3 nitrogen and oxygen atoms in total. The lowest BCUT2D eigenvalue weighted by Crippen LogP contribution is -2.02. The largest absolute Gasteiger partial charge is 0.492 e. The Morgan fingerprint density at radius 2 is 2.24 bits per heavy atom. The summed E-state index contributed by atoms with van der Waals surface area (Å²) in [5, 5.41) is 3.14. The molecule has 0 atom stereocenters. The van der Waals surface area contributed by atoms with Crippen LogP contribution in [0, 0.1) is 5.82 Å². The van der Waals surface area contributed by atoms with Gasteiger partial charge in [-0.2, -0.15) is 0 Å². The highest BCUT2D eigenvalue weighted by atomic mass is 19.1. The van der Waals surface area contributed by atoms with E-state index in [0.717, 1.165) is 11.4 Å². The zero-order valence-electron chi connectivity index (χ0n) is 9.57. The van der Waals surface area contributed by atoms with Gasteiger partial charge in [0.05, 0.1) is 25.1 Å². The van der Waals surface area contributed by atoms with Crippen molar-refractivity contribution >= 4 is 5.69 Å². The lowest BCUT2D eigenvalue weighted by Gasteiger charge is -2.11. The number of furan rings is 1. The van der Waals surface area contributed by atoms with Gasteiger partial charge in [0.1, 0.15) is 17.3 Å². The molecule has 1 heterocycles. The highest BCUT2D eigenvalue weighted by molar-refractivity contribution is 5.56. The van der Waals surface area contributed by atoms with Crippen LogP contribution in [0.25, 0.3) is 0 Å². The van der Waals surface area contributed by atoms with Crippen molar-refractivity contribution in [2.75, 3.05) is 11.9 Å². The lowest BCUT2D eigenvalue weighted by atomic mass is 10.2. The first-order valence-corrected chi connectivity index (χ1v) is 5.48. The summed E-state index contributed by atoms with van der Waals surface area (Å²) in [7, 11) is 0. The second kappa shape index (κ2) is 5.39. The minimum Gasteiger partial charge on any atom is -0.492 e. The van der Waals surface area contributed by atoms with Crippen LogP contribution in [0.4, 0.5) is 10.1 Å². The molecule has 0 saturated heterocycles. The maximum absolute atomic E-state index is 13.1. The molecule has 0 aliphatic rings. The van der Waals surface area contributed by atoms with Gasteiger partial charge in [0.2, 0.25) is 0 Å². The Bertz CT molecular complexity index is 468. The molecule has 0 bridgehead atoms. The molecule has 0 saturated carbocycles. The van der Waals surface area contributed by atoms with Gasteiger partial charge in [-0.3, -0.25) is 0 Å². The topological polar surface area (TPSA) is 34.4 Å². The van der Waals surface area contributed by atoms with Gasteiger partial charge < -0.3 is 14.5 Å². The fraction of sp³-hybridized carbons (Fsp3) is 0.231. The van der Waals surface area contributed by atoms with E-state index in [1.165, 1.54) is 12.1 Å². The molecule has 1 N–H and O–H groups in total. The average Bonchev–Trinajstić information content (AvgIpc) is 2.81. The Morgan fingerprint density at radius 1 is 1.35 bits per heavy atom. The fourth-order valence-corrected chi connectivity index (χ4v) is 1.51. The fourth-order valence-electron chi connectivity index (χ4n) is 1.51. The summed E-state index contributed by atoms with van der Waals surface area (Å²) >= 11 is 0. The number of benzene rings is 1. The van der Waals surface area contributed by atoms with Crippen molar-refractivity contribution in [2.45, 2.75) is 13.5 Å². The molecular formula is C13H14FNO2. The third-order valence-electron chi connectivity index (χ3n) is 2.28. The molecule has 4 heteroatoms. The number of hydrogen-bond acceptors (Lipinski definition) is 3. The smallest absolute Gasteiger partial charge is 0.145 e. The summed E-state index contributed by atoms with van der Waals surface area (Å²) in [6, 6.07) is 8.12. The van der Waals surface area contributed by atoms with Crippen molar-refractivity contribution < 1.29 is 13.5 Å². The highest BCUT2D eigenvalue weighted by Crippen LogP contribution is 2.25. The van der Waals surface area contributed by atoms with Crippen molar-refractivity contribution in [2.24, 2.45) is 0 Å². The van der Waals surface area contributed by atoms with Crippen LogP contribution in [0.2, 0.25) is 0 Å². The molecule has 0 radical (unpaired) electrons. The third-order valence-corrected chi connectivity index (χ3v) is 2.28. The first kappa shape index (κ1) is 11.5. The van der Waals surface area contributed by atoms with Gasteiger partial charge in [-0.05, 0) is 31.2 Å². The summed E-state index contributed by atoms with van der Waals surface area (Å²) in [5.41, 5.74) is 0.754. The zero-order chi connectivity index (χ0) is 12.1. The van der Waals surface area contributed by atoms with Gasteiger partial charge in [-0.15, -0.1) is 0 Å². The van der Waals surface area contributed by atoms with Crippen molar-refractivity contribution in [3.63, 3.8) is 0 Å². The number of nitrogens with one attached hydrogen (secondary N) is 1. The number of ether oxygens (including phenoxy) is 1. The van der Waals surface area contributed by atoms with Crippen LogP contribution >= 0.6 is 0 Å². The quantitative estimate of drug-likeness (QED) is 0.862. The van der Waals surface area contributed by atoms with Crippen molar-refractivity contribution in [3.8, 4) is 5.75 Å². The molecule has 1 aromatic carbocycles. The maximum Gasteiger partial charge on any atom is 0.145 e. The van der Waals surface area contributed by atoms with Gasteiger partial charge in [0.15, 0.2) is 0 Å². The molecule has 17 heavy (non-hydrogen) atoms. The molecule has 2 rings (SSSR count). The zero-order valence-corrected chi connectivity index (χ0v) is 9.57. The summed E-state index contributed by atoms with van der Waals surface area (Å²) in [6.45, 7) is 2.90. The average molecular weight is 235 g/mol. The molecule has 0 amide bonds. The first-order valence-electron chi connectivity index (χ1n) is 5.48. The van der Waals surface area contributed by atoms with Crippen molar-refractivity contribution in [1.82, 2.24) is 0 Å². The van der Waals surface area contributed by atoms with E-state index >= 15 is 0 Å². The highest BCUT2D eigenvalue weighted by Gasteiger charge is 2.05. The molecule has 2 aromatic rings. The van der Waals surface area contributed by atoms with Crippen molar-refractivity contribution in [3.05, 3.63) is 48.2 Å². The minimum atomic E-state index is -0.308. The number of hydrogen-bond donors (Lipinski definition) is 1. The summed E-state index contributed by atoms with van der Waals surface area (Å²) in [4.78, 5) is 0. The Labute approximate surface area is 99.2 Å². The van der Waals surface area contributed by atoms with Gasteiger partial charge in [-0.25, -0.2) is 4.39 Å². The van der Waals surface area contributed by atoms with E-state index in [1.54, 1.807) is 12.3 Å². The molecule has 0 fully saturated rings. The predicted octanol–water partition coefficient (Wildman–Crippen LogP) is 3.43. The standard InChI is InChI=1S/C13H14FNO2/c1-2-16-13-8-10(14)5-6-12(13)15-9-11-4-3-7-17-11/h3-8,15H,2,9H2,1H3. The third kappa shape index (κ3) is 3.00. The second-order valence-electron chi connectivity index (χ2n) is 3.51. The van der Waals surface area contributed by atoms with Crippen LogP contribution in [0.5, 0.6) is 5.75 Å². The van der Waals surface area contributed by atoms with E-state index < -0.39 is 0 Å². The van der Waals surface area contributed by atoms with E-state index in [0.29, 0.717) is 18.9 Å². The van der Waals surface area contributed by atoms with E-state index in [2.05, 4.69) is 5.32 Å². The van der Waals surface area contributed by atoms with Crippen LogP contribution in [-0.2, 0) is 6.54 Å². The maximum atomic E-state index is 13.1. The van der Waals surface area contributed by atoms with Gasteiger partial charge in [-0.1, -0.05) is 0 Å². The predicted molar refractivity (Wildman–Crippen MR) is 63.6 cm³/mol. The van der Waals surface area contributed by atoms with Gasteiger partial charge in [0, 0.05) is 6.07 Å². The monoisotopic (exact) mass is 235 g/mol. The SMILES string of the molecule is CCOc1cc(F)ccc1NCc1ccco1. The normalized spacial score (nSPS) is 10.2. The van der Waals surface area contributed by atoms with Gasteiger partial charge >= 0.3 is 0 Å². The summed E-state index contributed by atoms with van der Waals surface area (Å²) in [6.07, 6.45) is 1.62. The van der Waals surface area contributed by atoms with Crippen LogP contribution < -0.4 is 10.1 Å². The van der Waals surface area contributed by atoms with Crippen LogP contribution in [0.1, 0.15) is 12.7 Å². The molecule has 0 spiro atoms. The summed E-state index contributed by atoms with van der Waals surface area (Å²) in [5.74, 6) is 1.02. The van der Waals surface area contributed by atoms with E-state index in [1.807, 2.05) is 19.1 Å². The van der Waals surface area contributed by atoms with E-state index in [-0.39, 0.29) is 5.82 Å². The summed E-state index contributed by atoms with van der Waals surface area (Å²) < 4.78 is 23.6. The van der Waals surface area contributed by atoms with Gasteiger partial charge in [0.25, 0.3) is 0 Å². The Morgan fingerprint density at radius 3 is 2.94 bits per heavy atom. The molecule has 0 aliphatic heterocycles. The van der Waals surface area contributed by atoms with Crippen LogP contribution in [-0.4, -0.2) is 6.61 Å². The molecular weight excluding hydrogens is 221 g/mol. The minimum absolute atomic E-state index is 0.308. The first-order chi connectivity index (χ1) is 8.29. The second-order valence-corrected chi connectivity index (χ2v) is 3.51. The number of anilines is 1. The Kier molecular flexibility index (Phi) is 3.65. The molecule has 0 aliphatic carbocycles. The van der Waals surface area contributed by atoms with Crippen molar-refractivity contribution in [1.29, 1.82) is 0 Å². The number of rotatable bonds is 5.